The van der Waals surface area contributed by atoms with Crippen molar-refractivity contribution in [2.24, 2.45) is 22.2 Å². The van der Waals surface area contributed by atoms with Gasteiger partial charge in [0.1, 0.15) is 11.8 Å². The Labute approximate surface area is 140 Å². The maximum Gasteiger partial charge on any atom is 0.255 e. The van der Waals surface area contributed by atoms with E-state index in [1.54, 1.807) is 18.2 Å². The second-order valence-corrected chi connectivity index (χ2v) is 4.97. The van der Waals surface area contributed by atoms with Crippen molar-refractivity contribution in [2.45, 2.75) is 19.4 Å². The molecule has 1 aromatic rings. The number of nitrogens with zero attached hydrogens (tertiary/aromatic N) is 1. The van der Waals surface area contributed by atoms with E-state index in [9.17, 15) is 9.59 Å². The number of guanidine groups is 1. The Bertz CT molecular complexity index is 613. The number of nitrogens with one attached hydrogen (secondary N) is 2. The number of ether oxygens (including phenoxy) is 1. The third kappa shape index (κ3) is 5.67. The summed E-state index contributed by atoms with van der Waals surface area (Å²) in [5.41, 5.74) is 16.8. The molecule has 0 aromatic heterocycles. The van der Waals surface area contributed by atoms with Crippen molar-refractivity contribution in [3.63, 3.8) is 0 Å². The summed E-state index contributed by atoms with van der Waals surface area (Å²) in [6.45, 7) is 2.82. The molecule has 0 aliphatic rings. The highest BCUT2D eigenvalue weighted by molar-refractivity contribution is 6.00. The van der Waals surface area contributed by atoms with Gasteiger partial charge in [0.2, 0.25) is 5.91 Å². The molecule has 1 atom stereocenters. The number of hydrogen-bond acceptors (Lipinski definition) is 5. The predicted octanol–water partition coefficient (Wildman–Crippen LogP) is -0.626. The van der Waals surface area contributed by atoms with Crippen LogP contribution in [0.3, 0.4) is 0 Å². The zero-order valence-corrected chi connectivity index (χ0v) is 13.8. The van der Waals surface area contributed by atoms with Crippen molar-refractivity contribution in [3.8, 4) is 5.75 Å². The predicted molar refractivity (Wildman–Crippen MR) is 92.9 cm³/mol. The van der Waals surface area contributed by atoms with Crippen LogP contribution >= 0.6 is 0 Å². The molecule has 8 N–H and O–H groups in total. The fourth-order valence-corrected chi connectivity index (χ4v) is 2.04. The molecular weight excluding hydrogens is 312 g/mol. The van der Waals surface area contributed by atoms with Crippen LogP contribution in [-0.4, -0.2) is 44.0 Å². The fraction of sp³-hybridized carbons (Fsp3) is 0.400. The number of carbonyl (C=O) groups excluding carboxylic acids is 2. The van der Waals surface area contributed by atoms with E-state index in [-0.39, 0.29) is 18.9 Å². The second kappa shape index (κ2) is 9.23. The van der Waals surface area contributed by atoms with Gasteiger partial charge in [-0.1, -0.05) is 0 Å². The Kier molecular flexibility index (Phi) is 7.34. The number of methoxy groups -OCH3 is 1. The van der Waals surface area contributed by atoms with Gasteiger partial charge in [-0.05, 0) is 31.5 Å². The summed E-state index contributed by atoms with van der Waals surface area (Å²) in [6.07, 6.45) is 0.189. The highest BCUT2D eigenvalue weighted by atomic mass is 16.5. The van der Waals surface area contributed by atoms with Crippen LogP contribution in [0.1, 0.15) is 23.7 Å². The van der Waals surface area contributed by atoms with E-state index in [4.69, 9.17) is 21.9 Å². The zero-order valence-electron chi connectivity index (χ0n) is 13.8. The van der Waals surface area contributed by atoms with Gasteiger partial charge in [0.15, 0.2) is 5.96 Å². The highest BCUT2D eigenvalue weighted by Crippen LogP contribution is 2.22. The van der Waals surface area contributed by atoms with Crippen molar-refractivity contribution < 1.29 is 14.3 Å². The lowest BCUT2D eigenvalue weighted by atomic mass is 10.1. The molecule has 1 aromatic carbocycles. The molecule has 0 radical (unpaired) electrons. The summed E-state index contributed by atoms with van der Waals surface area (Å²) in [5, 5.41) is 5.68. The van der Waals surface area contributed by atoms with Crippen LogP contribution < -0.4 is 32.6 Å². The molecule has 0 unspecified atom stereocenters. The molecule has 1 rings (SSSR count). The lowest BCUT2D eigenvalue weighted by Crippen LogP contribution is -2.45. The number of primary amides is 1. The summed E-state index contributed by atoms with van der Waals surface area (Å²) in [5.74, 6) is -0.845. The van der Waals surface area contributed by atoms with Crippen LogP contribution in [0.4, 0.5) is 5.69 Å². The van der Waals surface area contributed by atoms with Crippen molar-refractivity contribution >= 4 is 23.5 Å². The minimum Gasteiger partial charge on any atom is -0.496 e. The van der Waals surface area contributed by atoms with Gasteiger partial charge in [0.05, 0.1) is 12.7 Å². The Morgan fingerprint density at radius 1 is 1.29 bits per heavy atom. The molecule has 0 fully saturated rings. The average molecular weight is 336 g/mol. The first-order valence-electron chi connectivity index (χ1n) is 7.46. The summed E-state index contributed by atoms with van der Waals surface area (Å²) in [4.78, 5) is 27.8. The Balaban J connectivity index is 2.91. The van der Waals surface area contributed by atoms with Gasteiger partial charge in [-0.3, -0.25) is 14.6 Å². The molecule has 0 heterocycles. The first kappa shape index (κ1) is 19.1. The number of rotatable bonds is 9. The van der Waals surface area contributed by atoms with Gasteiger partial charge in [-0.15, -0.1) is 0 Å². The van der Waals surface area contributed by atoms with Gasteiger partial charge in [-0.2, -0.15) is 0 Å². The van der Waals surface area contributed by atoms with E-state index in [1.807, 2.05) is 6.92 Å². The lowest BCUT2D eigenvalue weighted by molar-refractivity contribution is -0.119. The smallest absolute Gasteiger partial charge is 0.255 e. The number of nitrogens with two attached hydrogens (primary N) is 3. The van der Waals surface area contributed by atoms with Crippen molar-refractivity contribution in [1.82, 2.24) is 5.32 Å². The van der Waals surface area contributed by atoms with Gasteiger partial charge < -0.3 is 32.6 Å². The van der Waals surface area contributed by atoms with Crippen molar-refractivity contribution in [2.75, 3.05) is 25.5 Å². The number of aliphatic imine (C=N–C) groups is 1. The standard InChI is InChI=1S/C15H24N6O3/c1-3-19-9-4-5-12(24-2)10(8-9)14(23)21-11(13(16)22)6-7-20-15(17)18/h4-5,8,11,19H,3,6-7H2,1-2H3,(H2,16,22)(H,21,23)(H4,17,18,20)/t11-/m0/s1. The van der Waals surface area contributed by atoms with Crippen molar-refractivity contribution in [1.29, 1.82) is 0 Å². The van der Waals surface area contributed by atoms with E-state index in [1.165, 1.54) is 7.11 Å². The molecule has 0 spiro atoms. The lowest BCUT2D eigenvalue weighted by Gasteiger charge is -2.16. The molecule has 132 valence electrons. The topological polar surface area (TPSA) is 158 Å². The first-order valence-corrected chi connectivity index (χ1v) is 7.46. The number of carbonyl (C=O) groups is 2. The SMILES string of the molecule is CCNc1ccc(OC)c(C(=O)N[C@@H](CCN=C(N)N)C(N)=O)c1. The summed E-state index contributed by atoms with van der Waals surface area (Å²) >= 11 is 0. The molecule has 2 amide bonds. The number of amides is 2. The average Bonchev–Trinajstić information content (AvgIpc) is 2.53. The molecule has 9 heteroatoms. The number of hydrogen-bond donors (Lipinski definition) is 5. The molecule has 0 bridgehead atoms. The molecule has 0 aliphatic heterocycles. The van der Waals surface area contributed by atoms with Crippen LogP contribution in [0.15, 0.2) is 23.2 Å². The normalized spacial score (nSPS) is 11.2. The van der Waals surface area contributed by atoms with Crippen LogP contribution in [0.2, 0.25) is 0 Å². The number of benzene rings is 1. The quantitative estimate of drug-likeness (QED) is 0.298. The van der Waals surface area contributed by atoms with Gasteiger partial charge in [-0.25, -0.2) is 0 Å². The third-order valence-corrected chi connectivity index (χ3v) is 3.19. The molecule has 24 heavy (non-hydrogen) atoms. The monoisotopic (exact) mass is 336 g/mol. The van der Waals surface area contributed by atoms with E-state index in [0.29, 0.717) is 17.9 Å². The van der Waals surface area contributed by atoms with Crippen LogP contribution in [0.25, 0.3) is 0 Å². The molecule has 0 aliphatic carbocycles. The van der Waals surface area contributed by atoms with E-state index >= 15 is 0 Å². The van der Waals surface area contributed by atoms with Gasteiger partial charge in [0.25, 0.3) is 5.91 Å². The molecule has 9 nitrogen and oxygen atoms in total. The van der Waals surface area contributed by atoms with Gasteiger partial charge in [0, 0.05) is 18.8 Å². The molecular formula is C15H24N6O3. The van der Waals surface area contributed by atoms with Crippen molar-refractivity contribution in [3.05, 3.63) is 23.8 Å². The van der Waals surface area contributed by atoms with Crippen LogP contribution in [0.5, 0.6) is 5.75 Å². The maximum absolute atomic E-state index is 12.5. The Hall–Kier alpha value is -2.97. The van der Waals surface area contributed by atoms with E-state index in [0.717, 1.165) is 5.69 Å². The zero-order chi connectivity index (χ0) is 18.1. The van der Waals surface area contributed by atoms with E-state index < -0.39 is 17.9 Å². The first-order chi connectivity index (χ1) is 11.4. The summed E-state index contributed by atoms with van der Waals surface area (Å²) in [7, 11) is 1.46. The number of anilines is 1. The Morgan fingerprint density at radius 2 is 2.00 bits per heavy atom. The second-order valence-electron chi connectivity index (χ2n) is 4.97. The maximum atomic E-state index is 12.5. The van der Waals surface area contributed by atoms with Crippen LogP contribution in [-0.2, 0) is 4.79 Å². The summed E-state index contributed by atoms with van der Waals surface area (Å²) in [6, 6.07) is 4.22. The Morgan fingerprint density at radius 3 is 2.54 bits per heavy atom. The molecule has 0 saturated carbocycles. The highest BCUT2D eigenvalue weighted by Gasteiger charge is 2.21. The minimum atomic E-state index is -0.895. The van der Waals surface area contributed by atoms with Crippen LogP contribution in [0, 0.1) is 0 Å². The largest absolute Gasteiger partial charge is 0.496 e. The third-order valence-electron chi connectivity index (χ3n) is 3.19. The summed E-state index contributed by atoms with van der Waals surface area (Å²) < 4.78 is 5.19. The fourth-order valence-electron chi connectivity index (χ4n) is 2.04. The molecule has 0 saturated heterocycles. The minimum absolute atomic E-state index is 0.0930. The van der Waals surface area contributed by atoms with E-state index in [2.05, 4.69) is 15.6 Å². The van der Waals surface area contributed by atoms with Gasteiger partial charge >= 0.3 is 0 Å².